The van der Waals surface area contributed by atoms with Gasteiger partial charge in [-0.2, -0.15) is 10.5 Å². The molecular weight excluding hydrogens is 1290 g/mol. The molecule has 0 saturated carbocycles. The third kappa shape index (κ3) is 9.71. The molecule has 0 unspecified atom stereocenters. The van der Waals surface area contributed by atoms with Gasteiger partial charge in [-0.25, -0.2) is 0 Å². The van der Waals surface area contributed by atoms with E-state index in [1.54, 1.807) is 0 Å². The summed E-state index contributed by atoms with van der Waals surface area (Å²) in [5.41, 5.74) is 21.7. The third-order valence-electron chi connectivity index (χ3n) is 21.9. The van der Waals surface area contributed by atoms with Crippen molar-refractivity contribution in [2.75, 3.05) is 0 Å². The van der Waals surface area contributed by atoms with Crippen molar-refractivity contribution in [3.8, 4) is 90.4 Å². The fourth-order valence-corrected chi connectivity index (χ4v) is 17.1. The molecule has 0 saturated heterocycles. The van der Waals surface area contributed by atoms with Crippen LogP contribution in [0.3, 0.4) is 0 Å². The third-order valence-corrected chi connectivity index (χ3v) is 21.9. The fraction of sp³-hybridized carbons (Fsp3) is 0. The summed E-state index contributed by atoms with van der Waals surface area (Å²) >= 11 is 0. The molecule has 22 aromatic rings. The highest BCUT2D eigenvalue weighted by molar-refractivity contribution is 6.27. The lowest BCUT2D eigenvalue weighted by molar-refractivity contribution is 1.18. The molecule has 0 spiro atoms. The standard InChI is InChI=1S/2C50H29N3/c51-29-31-12-21-47-46(23-31)45-18-17-32(28-48(45)53(47)40-8-2-1-3-9-40)41-19-20-42(44-11-5-4-10-43(41)44)39-26-35-15-13-33-24-38(37-7-6-22-52-30-37)25-34-14-16-36(27-39)50(35)49(33)34;51-29-31-13-22-47-45(23-31)44-20-18-33(28-48(44)53(47)41-9-2-1-3-10-41)38-19-21-46(52-30-38)40-26-36-16-14-34-24-39(25-35-15-17-37(27-40)50(36)49(34)35)43-12-6-8-32-7-4-5-11-42(32)43/h2*1-28,30H. The van der Waals surface area contributed by atoms with Gasteiger partial charge in [-0.1, -0.05) is 200 Å². The van der Waals surface area contributed by atoms with E-state index in [1.165, 1.54) is 120 Å². The van der Waals surface area contributed by atoms with Gasteiger partial charge in [-0.05, 0) is 264 Å². The van der Waals surface area contributed by atoms with Crippen LogP contribution < -0.4 is 0 Å². The van der Waals surface area contributed by atoms with Gasteiger partial charge in [0.1, 0.15) is 0 Å². The van der Waals surface area contributed by atoms with E-state index in [1.807, 2.05) is 61.1 Å². The van der Waals surface area contributed by atoms with Crippen molar-refractivity contribution in [3.63, 3.8) is 0 Å². The zero-order chi connectivity index (χ0) is 70.1. The zero-order valence-corrected chi connectivity index (χ0v) is 57.2. The average molecular weight is 1340 g/mol. The highest BCUT2D eigenvalue weighted by atomic mass is 15.0. The number of nitriles is 2. The Morgan fingerprint density at radius 2 is 0.660 bits per heavy atom. The quantitative estimate of drug-likeness (QED) is 0.142. The van der Waals surface area contributed by atoms with E-state index in [9.17, 15) is 10.5 Å². The SMILES string of the molecule is N#Cc1ccc2c(c1)c1ccc(-c3ccc(-c4cc5ccc6cc(-c7cccc8ccccc78)cc7ccc(c4)c5c67)nc3)cc1n2-c1ccccc1.N#Cc1ccc2c(c1)c1ccc(-c3ccc(-c4cc5ccc6cc(-c7cccnc7)cc7ccc(c4)c5c67)c4ccccc34)cc1n2-c1ccccc1. The van der Waals surface area contributed by atoms with Crippen LogP contribution in [0.25, 0.3) is 208 Å². The van der Waals surface area contributed by atoms with Crippen LogP contribution in [0.1, 0.15) is 11.1 Å². The summed E-state index contributed by atoms with van der Waals surface area (Å²) in [7, 11) is 0. The number of para-hydroxylation sites is 2. The van der Waals surface area contributed by atoms with Crippen molar-refractivity contribution < 1.29 is 0 Å². The zero-order valence-electron chi connectivity index (χ0n) is 57.2. The van der Waals surface area contributed by atoms with Crippen molar-refractivity contribution in [1.82, 2.24) is 19.1 Å². The molecule has 0 bridgehead atoms. The Labute approximate surface area is 609 Å². The molecule has 22 rings (SSSR count). The normalized spacial score (nSPS) is 11.8. The van der Waals surface area contributed by atoms with Crippen LogP contribution in [0.5, 0.6) is 0 Å². The van der Waals surface area contributed by atoms with E-state index >= 15 is 0 Å². The van der Waals surface area contributed by atoms with Crippen LogP contribution >= 0.6 is 0 Å². The van der Waals surface area contributed by atoms with Crippen LogP contribution in [0.4, 0.5) is 0 Å². The summed E-state index contributed by atoms with van der Waals surface area (Å²) in [6, 6.07) is 124. The number of rotatable bonds is 8. The summed E-state index contributed by atoms with van der Waals surface area (Å²) in [6.07, 6.45) is 5.74. The van der Waals surface area contributed by atoms with Gasteiger partial charge in [0, 0.05) is 68.2 Å². The lowest BCUT2D eigenvalue weighted by Gasteiger charge is -2.16. The molecule has 106 heavy (non-hydrogen) atoms. The smallest absolute Gasteiger partial charge is 0.0991 e. The highest BCUT2D eigenvalue weighted by Gasteiger charge is 2.21. The van der Waals surface area contributed by atoms with Gasteiger partial charge < -0.3 is 9.13 Å². The minimum atomic E-state index is 0.659. The molecule has 6 heteroatoms. The monoisotopic (exact) mass is 1340 g/mol. The van der Waals surface area contributed by atoms with Crippen molar-refractivity contribution >= 4 is 130 Å². The molecule has 6 nitrogen and oxygen atoms in total. The van der Waals surface area contributed by atoms with Crippen molar-refractivity contribution in [3.05, 3.63) is 363 Å². The Balaban J connectivity index is 0.000000136. The van der Waals surface area contributed by atoms with E-state index in [2.05, 4.69) is 317 Å². The summed E-state index contributed by atoms with van der Waals surface area (Å²) in [5, 5.41) is 43.9. The van der Waals surface area contributed by atoms with Gasteiger partial charge in [-0.15, -0.1) is 0 Å². The molecule has 4 heterocycles. The van der Waals surface area contributed by atoms with Gasteiger partial charge in [0.15, 0.2) is 0 Å². The average Bonchev–Trinajstić information content (AvgIpc) is 1.03. The number of hydrogen-bond acceptors (Lipinski definition) is 4. The minimum absolute atomic E-state index is 0.659. The van der Waals surface area contributed by atoms with Crippen LogP contribution in [0.2, 0.25) is 0 Å². The second-order valence-electron chi connectivity index (χ2n) is 27.9. The number of pyridine rings is 2. The Kier molecular flexibility index (Phi) is 13.7. The maximum Gasteiger partial charge on any atom is 0.0991 e. The second-order valence-corrected chi connectivity index (χ2v) is 27.9. The molecule has 0 aliphatic rings. The van der Waals surface area contributed by atoms with E-state index in [0.717, 1.165) is 88.5 Å². The molecule has 0 radical (unpaired) electrons. The molecule has 0 aliphatic heterocycles. The van der Waals surface area contributed by atoms with Crippen molar-refractivity contribution in [2.24, 2.45) is 0 Å². The second kappa shape index (κ2) is 24.1. The Bertz CT molecular complexity index is 7310. The first kappa shape index (κ1) is 60.2. The topological polar surface area (TPSA) is 83.2 Å². The number of aromatic nitrogens is 4. The predicted octanol–water partition coefficient (Wildman–Crippen LogP) is 26.2. The van der Waals surface area contributed by atoms with Crippen LogP contribution in [0, 0.1) is 22.7 Å². The maximum absolute atomic E-state index is 9.70. The van der Waals surface area contributed by atoms with Crippen LogP contribution in [-0.4, -0.2) is 19.1 Å². The van der Waals surface area contributed by atoms with Crippen molar-refractivity contribution in [2.45, 2.75) is 0 Å². The Morgan fingerprint density at radius 1 is 0.236 bits per heavy atom. The first-order valence-corrected chi connectivity index (χ1v) is 35.8. The summed E-state index contributed by atoms with van der Waals surface area (Å²) in [6.45, 7) is 0. The number of fused-ring (bicyclic) bond motifs is 8. The summed E-state index contributed by atoms with van der Waals surface area (Å²) in [4.78, 5) is 9.37. The number of benzene rings is 18. The molecule has 0 N–H and O–H groups in total. The van der Waals surface area contributed by atoms with Crippen LogP contribution in [-0.2, 0) is 0 Å². The molecule has 0 amide bonds. The Morgan fingerprint density at radius 3 is 1.15 bits per heavy atom. The van der Waals surface area contributed by atoms with E-state index < -0.39 is 0 Å². The lowest BCUT2D eigenvalue weighted by Crippen LogP contribution is -1.93. The van der Waals surface area contributed by atoms with Gasteiger partial charge in [-0.3, -0.25) is 9.97 Å². The molecule has 488 valence electrons. The molecule has 0 atom stereocenters. The van der Waals surface area contributed by atoms with Gasteiger partial charge in [0.05, 0.1) is 51.0 Å². The van der Waals surface area contributed by atoms with Crippen LogP contribution in [0.15, 0.2) is 352 Å². The molecular formula is C100H58N6. The van der Waals surface area contributed by atoms with E-state index in [-0.39, 0.29) is 0 Å². The summed E-state index contributed by atoms with van der Waals surface area (Å²) in [5.74, 6) is 0. The molecule has 0 aliphatic carbocycles. The van der Waals surface area contributed by atoms with Gasteiger partial charge in [0.2, 0.25) is 0 Å². The summed E-state index contributed by atoms with van der Waals surface area (Å²) < 4.78 is 4.60. The van der Waals surface area contributed by atoms with E-state index in [0.29, 0.717) is 11.1 Å². The van der Waals surface area contributed by atoms with Crippen molar-refractivity contribution in [1.29, 1.82) is 10.5 Å². The molecule has 0 fully saturated rings. The highest BCUT2D eigenvalue weighted by Crippen LogP contribution is 2.46. The first-order chi connectivity index (χ1) is 52.4. The fourth-order valence-electron chi connectivity index (χ4n) is 17.1. The number of hydrogen-bond donors (Lipinski definition) is 0. The molecule has 18 aromatic carbocycles. The van der Waals surface area contributed by atoms with Gasteiger partial charge >= 0.3 is 0 Å². The maximum atomic E-state index is 9.70. The van der Waals surface area contributed by atoms with E-state index in [4.69, 9.17) is 4.98 Å². The largest absolute Gasteiger partial charge is 0.309 e. The minimum Gasteiger partial charge on any atom is -0.309 e. The Hall–Kier alpha value is -14.6. The van der Waals surface area contributed by atoms with Gasteiger partial charge in [0.25, 0.3) is 0 Å². The number of nitrogens with zero attached hydrogens (tertiary/aromatic N) is 6. The molecule has 4 aromatic heterocycles. The predicted molar refractivity (Wildman–Crippen MR) is 442 cm³/mol. The lowest BCUT2D eigenvalue weighted by atomic mass is 9.87. The first-order valence-electron chi connectivity index (χ1n) is 35.8.